The molecular weight excluding hydrogens is 244 g/mol. The second-order valence-corrected chi connectivity index (χ2v) is 3.91. The number of hydrogen-bond acceptors (Lipinski definition) is 4. The van der Waals surface area contributed by atoms with Crippen molar-refractivity contribution in [3.05, 3.63) is 28.8 Å². The number of amides is 1. The molecule has 0 saturated heterocycles. The molecule has 0 aliphatic rings. The van der Waals surface area contributed by atoms with E-state index in [1.165, 1.54) is 11.0 Å². The van der Waals surface area contributed by atoms with Gasteiger partial charge >= 0.3 is 0 Å². The highest BCUT2D eigenvalue weighted by molar-refractivity contribution is 6.31. The first-order valence-electron chi connectivity index (χ1n) is 5.16. The highest BCUT2D eigenvalue weighted by atomic mass is 35.5. The van der Waals surface area contributed by atoms with E-state index < -0.39 is 0 Å². The van der Waals surface area contributed by atoms with Crippen LogP contribution in [0.25, 0.3) is 0 Å². The van der Waals surface area contributed by atoms with Gasteiger partial charge in [0.15, 0.2) is 0 Å². The number of aliphatic hydroxyl groups excluding tert-OH is 2. The third kappa shape index (κ3) is 3.59. The SMILES string of the molecule is Nc1ccc(Cl)cc1C(=O)N(CCO)CCO. The minimum Gasteiger partial charge on any atom is -0.398 e. The molecule has 1 rings (SSSR count). The summed E-state index contributed by atoms with van der Waals surface area (Å²) >= 11 is 5.79. The zero-order valence-electron chi connectivity index (χ0n) is 9.27. The highest BCUT2D eigenvalue weighted by Gasteiger charge is 2.17. The van der Waals surface area contributed by atoms with Gasteiger partial charge in [0.1, 0.15) is 0 Å². The van der Waals surface area contributed by atoms with E-state index in [9.17, 15) is 4.79 Å². The predicted octanol–water partition coefficient (Wildman–Crippen LogP) is 0.349. The van der Waals surface area contributed by atoms with Crippen LogP contribution in [0, 0.1) is 0 Å². The molecule has 1 aromatic rings. The Morgan fingerprint density at radius 3 is 2.41 bits per heavy atom. The van der Waals surface area contributed by atoms with Crippen LogP contribution in [-0.2, 0) is 0 Å². The molecule has 6 heteroatoms. The molecule has 0 aromatic heterocycles. The molecule has 0 aliphatic heterocycles. The number of nitrogens with two attached hydrogens (primary N) is 1. The summed E-state index contributed by atoms with van der Waals surface area (Å²) in [6.07, 6.45) is 0. The number of rotatable bonds is 5. The molecule has 0 heterocycles. The predicted molar refractivity (Wildman–Crippen MR) is 65.9 cm³/mol. The number of anilines is 1. The van der Waals surface area contributed by atoms with Gasteiger partial charge in [-0.05, 0) is 18.2 Å². The van der Waals surface area contributed by atoms with Crippen LogP contribution < -0.4 is 5.73 Å². The lowest BCUT2D eigenvalue weighted by Crippen LogP contribution is -2.36. The quantitative estimate of drug-likeness (QED) is 0.665. The Labute approximate surface area is 104 Å². The Balaban J connectivity index is 2.95. The maximum atomic E-state index is 12.1. The fourth-order valence-electron chi connectivity index (χ4n) is 1.44. The Kier molecular flexibility index (Phi) is 5.21. The molecule has 1 amide bonds. The molecule has 0 fully saturated rings. The van der Waals surface area contributed by atoms with Crippen molar-refractivity contribution >= 4 is 23.2 Å². The Morgan fingerprint density at radius 1 is 1.29 bits per heavy atom. The van der Waals surface area contributed by atoms with Gasteiger partial charge in [0, 0.05) is 23.8 Å². The van der Waals surface area contributed by atoms with Crippen LogP contribution >= 0.6 is 11.6 Å². The van der Waals surface area contributed by atoms with Crippen LogP contribution in [0.1, 0.15) is 10.4 Å². The minimum atomic E-state index is -0.354. The van der Waals surface area contributed by atoms with E-state index in [0.29, 0.717) is 10.7 Å². The van der Waals surface area contributed by atoms with Gasteiger partial charge in [0.25, 0.3) is 5.91 Å². The largest absolute Gasteiger partial charge is 0.398 e. The van der Waals surface area contributed by atoms with Crippen molar-refractivity contribution in [2.45, 2.75) is 0 Å². The first kappa shape index (κ1) is 13.8. The van der Waals surface area contributed by atoms with Crippen LogP contribution in [0.5, 0.6) is 0 Å². The second-order valence-electron chi connectivity index (χ2n) is 3.47. The lowest BCUT2D eigenvalue weighted by molar-refractivity contribution is 0.0686. The molecule has 0 saturated carbocycles. The average molecular weight is 259 g/mol. The summed E-state index contributed by atoms with van der Waals surface area (Å²) in [5.74, 6) is -0.354. The third-order valence-corrected chi connectivity index (χ3v) is 2.51. The summed E-state index contributed by atoms with van der Waals surface area (Å²) in [4.78, 5) is 13.4. The summed E-state index contributed by atoms with van der Waals surface area (Å²) in [6.45, 7) is -0.0604. The molecule has 0 atom stereocenters. The first-order chi connectivity index (χ1) is 8.10. The summed E-state index contributed by atoms with van der Waals surface area (Å²) in [6, 6.07) is 4.61. The molecule has 4 N–H and O–H groups in total. The van der Waals surface area contributed by atoms with Crippen LogP contribution in [0.2, 0.25) is 5.02 Å². The lowest BCUT2D eigenvalue weighted by Gasteiger charge is -2.21. The Hall–Kier alpha value is -1.30. The number of hydrogen-bond donors (Lipinski definition) is 3. The molecule has 0 bridgehead atoms. The molecule has 0 spiro atoms. The fourth-order valence-corrected chi connectivity index (χ4v) is 1.61. The summed E-state index contributed by atoms with van der Waals surface area (Å²) in [7, 11) is 0. The smallest absolute Gasteiger partial charge is 0.256 e. The fraction of sp³-hybridized carbons (Fsp3) is 0.364. The van der Waals surface area contributed by atoms with Crippen molar-refractivity contribution in [2.24, 2.45) is 0 Å². The number of carbonyl (C=O) groups is 1. The minimum absolute atomic E-state index is 0.144. The Bertz CT molecular complexity index is 392. The van der Waals surface area contributed by atoms with Crippen LogP contribution in [-0.4, -0.2) is 47.3 Å². The van der Waals surface area contributed by atoms with E-state index in [-0.39, 0.29) is 37.8 Å². The van der Waals surface area contributed by atoms with Crippen molar-refractivity contribution in [1.82, 2.24) is 4.90 Å². The monoisotopic (exact) mass is 258 g/mol. The van der Waals surface area contributed by atoms with E-state index in [1.54, 1.807) is 12.1 Å². The molecule has 1 aromatic carbocycles. The Morgan fingerprint density at radius 2 is 1.88 bits per heavy atom. The average Bonchev–Trinajstić information content (AvgIpc) is 2.31. The van der Waals surface area contributed by atoms with Crippen LogP contribution in [0.15, 0.2) is 18.2 Å². The van der Waals surface area contributed by atoms with Crippen molar-refractivity contribution < 1.29 is 15.0 Å². The molecular formula is C11H15ClN2O3. The molecule has 0 radical (unpaired) electrons. The topological polar surface area (TPSA) is 86.8 Å². The van der Waals surface area contributed by atoms with E-state index in [2.05, 4.69) is 0 Å². The van der Waals surface area contributed by atoms with Crippen molar-refractivity contribution in [3.63, 3.8) is 0 Å². The second kappa shape index (κ2) is 6.44. The van der Waals surface area contributed by atoms with Gasteiger partial charge in [0.2, 0.25) is 0 Å². The molecule has 94 valence electrons. The number of aliphatic hydroxyl groups is 2. The highest BCUT2D eigenvalue weighted by Crippen LogP contribution is 2.19. The molecule has 5 nitrogen and oxygen atoms in total. The molecule has 0 aliphatic carbocycles. The maximum Gasteiger partial charge on any atom is 0.256 e. The van der Waals surface area contributed by atoms with E-state index in [0.717, 1.165) is 0 Å². The molecule has 17 heavy (non-hydrogen) atoms. The lowest BCUT2D eigenvalue weighted by atomic mass is 10.1. The van der Waals surface area contributed by atoms with E-state index in [1.807, 2.05) is 0 Å². The first-order valence-corrected chi connectivity index (χ1v) is 5.54. The number of benzene rings is 1. The van der Waals surface area contributed by atoms with Gasteiger partial charge in [-0.2, -0.15) is 0 Å². The van der Waals surface area contributed by atoms with Crippen LogP contribution in [0.4, 0.5) is 5.69 Å². The number of carbonyl (C=O) groups excluding carboxylic acids is 1. The van der Waals surface area contributed by atoms with Gasteiger partial charge < -0.3 is 20.8 Å². The summed E-state index contributed by atoms with van der Waals surface area (Å²) in [5, 5.41) is 18.1. The van der Waals surface area contributed by atoms with E-state index >= 15 is 0 Å². The van der Waals surface area contributed by atoms with Crippen molar-refractivity contribution in [1.29, 1.82) is 0 Å². The van der Waals surface area contributed by atoms with Gasteiger partial charge in [-0.25, -0.2) is 0 Å². The third-order valence-electron chi connectivity index (χ3n) is 2.27. The van der Waals surface area contributed by atoms with Crippen molar-refractivity contribution in [2.75, 3.05) is 32.0 Å². The standard InChI is InChI=1S/C11H15ClN2O3/c12-8-1-2-10(13)9(7-8)11(17)14(3-5-15)4-6-16/h1-2,7,15-16H,3-6,13H2. The number of nitrogen functional groups attached to an aromatic ring is 1. The van der Waals surface area contributed by atoms with Gasteiger partial charge in [-0.1, -0.05) is 11.6 Å². The zero-order chi connectivity index (χ0) is 12.8. The normalized spacial score (nSPS) is 10.3. The zero-order valence-corrected chi connectivity index (χ0v) is 10.0. The summed E-state index contributed by atoms with van der Waals surface area (Å²) in [5.41, 5.74) is 6.29. The summed E-state index contributed by atoms with van der Waals surface area (Å²) < 4.78 is 0. The van der Waals surface area contributed by atoms with Crippen LogP contribution in [0.3, 0.4) is 0 Å². The van der Waals surface area contributed by atoms with Gasteiger partial charge in [-0.15, -0.1) is 0 Å². The van der Waals surface area contributed by atoms with Gasteiger partial charge in [-0.3, -0.25) is 4.79 Å². The maximum absolute atomic E-state index is 12.1. The molecule has 0 unspecified atom stereocenters. The van der Waals surface area contributed by atoms with Crippen molar-refractivity contribution in [3.8, 4) is 0 Å². The number of nitrogens with zero attached hydrogens (tertiary/aromatic N) is 1. The van der Waals surface area contributed by atoms with Gasteiger partial charge in [0.05, 0.1) is 18.8 Å². The van der Waals surface area contributed by atoms with E-state index in [4.69, 9.17) is 27.5 Å². The number of halogens is 1.